The van der Waals surface area contributed by atoms with Gasteiger partial charge in [-0.25, -0.2) is 8.42 Å². The molecule has 0 saturated heterocycles. The van der Waals surface area contributed by atoms with Gasteiger partial charge in [-0.1, -0.05) is 97.7 Å². The maximum atomic E-state index is 14.6. The standard InChI is InChI=1S/C36H40ClN3O5S/c1-4-5-22-38-36(42)33(23-28-15-8-6-9-16-28)39(25-29-17-13-12-14-27(29)2)35(41)26-40(30-20-21-34(45-3)32(37)24-30)46(43,44)31-18-10-7-11-19-31/h6-21,24,33H,4-5,22-23,25-26H2,1-3H3,(H,38,42)/t33-/m1/s1. The van der Waals surface area contributed by atoms with E-state index in [0.717, 1.165) is 33.8 Å². The highest BCUT2D eigenvalue weighted by atomic mass is 35.5. The highest BCUT2D eigenvalue weighted by molar-refractivity contribution is 7.92. The number of hydrogen-bond acceptors (Lipinski definition) is 5. The van der Waals surface area contributed by atoms with Crippen LogP contribution in [0.2, 0.25) is 5.02 Å². The number of nitrogens with zero attached hydrogens (tertiary/aromatic N) is 2. The van der Waals surface area contributed by atoms with Gasteiger partial charge in [-0.2, -0.15) is 0 Å². The maximum absolute atomic E-state index is 14.6. The van der Waals surface area contributed by atoms with Crippen molar-refractivity contribution in [3.8, 4) is 5.75 Å². The van der Waals surface area contributed by atoms with Gasteiger partial charge in [-0.15, -0.1) is 0 Å². The fourth-order valence-electron chi connectivity index (χ4n) is 5.09. The van der Waals surface area contributed by atoms with Crippen LogP contribution in [0.1, 0.15) is 36.5 Å². The van der Waals surface area contributed by atoms with Crippen LogP contribution in [0.3, 0.4) is 0 Å². The fraction of sp³-hybridized carbons (Fsp3) is 0.278. The number of carbonyl (C=O) groups is 2. The minimum absolute atomic E-state index is 0.0124. The van der Waals surface area contributed by atoms with Crippen LogP contribution < -0.4 is 14.4 Å². The van der Waals surface area contributed by atoms with Crippen LogP contribution in [0, 0.1) is 6.92 Å². The molecule has 0 aromatic heterocycles. The van der Waals surface area contributed by atoms with Crippen molar-refractivity contribution in [3.63, 3.8) is 0 Å². The second-order valence-electron chi connectivity index (χ2n) is 10.9. The number of nitrogens with one attached hydrogen (secondary N) is 1. The quantitative estimate of drug-likeness (QED) is 0.149. The van der Waals surface area contributed by atoms with Crippen LogP contribution in [0.15, 0.2) is 108 Å². The van der Waals surface area contributed by atoms with E-state index in [0.29, 0.717) is 12.3 Å². The van der Waals surface area contributed by atoms with Crippen molar-refractivity contribution < 1.29 is 22.7 Å². The van der Waals surface area contributed by atoms with E-state index >= 15 is 0 Å². The summed E-state index contributed by atoms with van der Waals surface area (Å²) in [6, 6.07) is 28.7. The van der Waals surface area contributed by atoms with Gasteiger partial charge < -0.3 is 15.0 Å². The first-order valence-electron chi connectivity index (χ1n) is 15.2. The maximum Gasteiger partial charge on any atom is 0.264 e. The Kier molecular flexibility index (Phi) is 12.2. The number of amides is 2. The molecule has 1 atom stereocenters. The number of anilines is 1. The molecule has 1 N–H and O–H groups in total. The number of benzene rings is 4. The third-order valence-corrected chi connectivity index (χ3v) is 9.82. The van der Waals surface area contributed by atoms with Gasteiger partial charge in [0.1, 0.15) is 18.3 Å². The Balaban J connectivity index is 1.81. The molecule has 0 fully saturated rings. The zero-order chi connectivity index (χ0) is 33.1. The van der Waals surface area contributed by atoms with Crippen LogP contribution in [0.25, 0.3) is 0 Å². The van der Waals surface area contributed by atoms with E-state index in [4.69, 9.17) is 16.3 Å². The van der Waals surface area contributed by atoms with E-state index in [2.05, 4.69) is 5.32 Å². The van der Waals surface area contributed by atoms with Gasteiger partial charge in [0.25, 0.3) is 10.0 Å². The molecule has 0 heterocycles. The predicted molar refractivity (Wildman–Crippen MR) is 183 cm³/mol. The van der Waals surface area contributed by atoms with Gasteiger partial charge in [-0.05, 0) is 60.4 Å². The summed E-state index contributed by atoms with van der Waals surface area (Å²) < 4.78 is 34.6. The first-order valence-corrected chi connectivity index (χ1v) is 17.0. The van der Waals surface area contributed by atoms with Crippen LogP contribution in [0.4, 0.5) is 5.69 Å². The van der Waals surface area contributed by atoms with Gasteiger partial charge in [0, 0.05) is 19.5 Å². The summed E-state index contributed by atoms with van der Waals surface area (Å²) in [6.45, 7) is 3.98. The van der Waals surface area contributed by atoms with Crippen LogP contribution >= 0.6 is 11.6 Å². The lowest BCUT2D eigenvalue weighted by Crippen LogP contribution is -2.53. The second kappa shape index (κ2) is 16.3. The predicted octanol–water partition coefficient (Wildman–Crippen LogP) is 6.41. The summed E-state index contributed by atoms with van der Waals surface area (Å²) in [5.74, 6) is -0.480. The number of ether oxygens (including phenoxy) is 1. The minimum atomic E-state index is -4.24. The number of rotatable bonds is 15. The summed E-state index contributed by atoms with van der Waals surface area (Å²) in [5, 5.41) is 3.19. The molecule has 46 heavy (non-hydrogen) atoms. The molecule has 242 valence electrons. The average Bonchev–Trinajstić information content (AvgIpc) is 3.06. The molecule has 0 aliphatic heterocycles. The summed E-state index contributed by atoms with van der Waals surface area (Å²) in [6.07, 6.45) is 1.93. The van der Waals surface area contributed by atoms with Crippen molar-refractivity contribution >= 4 is 39.1 Å². The molecule has 2 amide bonds. The van der Waals surface area contributed by atoms with E-state index in [1.165, 1.54) is 30.2 Å². The number of carbonyl (C=O) groups excluding carboxylic acids is 2. The van der Waals surface area contributed by atoms with E-state index in [-0.39, 0.29) is 34.5 Å². The summed E-state index contributed by atoms with van der Waals surface area (Å²) in [5.41, 5.74) is 2.85. The normalized spacial score (nSPS) is 11.8. The SMILES string of the molecule is CCCCNC(=O)[C@@H](Cc1ccccc1)N(Cc1ccccc1C)C(=O)CN(c1ccc(OC)c(Cl)c1)S(=O)(=O)c1ccccc1. The molecular formula is C36H40ClN3O5S. The number of halogens is 1. The van der Waals surface area contributed by atoms with Gasteiger partial charge in [-0.3, -0.25) is 13.9 Å². The molecule has 0 bridgehead atoms. The lowest BCUT2D eigenvalue weighted by molar-refractivity contribution is -0.140. The van der Waals surface area contributed by atoms with Crippen LogP contribution in [-0.2, 0) is 32.6 Å². The molecule has 0 spiro atoms. The smallest absolute Gasteiger partial charge is 0.264 e. The number of unbranched alkanes of at least 4 members (excludes halogenated alkanes) is 1. The van der Waals surface area contributed by atoms with Gasteiger partial charge in [0.05, 0.1) is 22.7 Å². The third kappa shape index (κ3) is 8.68. The third-order valence-electron chi connectivity index (χ3n) is 7.74. The highest BCUT2D eigenvalue weighted by Crippen LogP contribution is 2.32. The molecule has 10 heteroatoms. The number of hydrogen-bond donors (Lipinski definition) is 1. The first kappa shape index (κ1) is 34.5. The molecule has 4 rings (SSSR count). The van der Waals surface area contributed by atoms with Gasteiger partial charge in [0.15, 0.2) is 0 Å². The van der Waals surface area contributed by atoms with E-state index < -0.39 is 28.5 Å². The van der Waals surface area contributed by atoms with E-state index in [1.807, 2.05) is 68.4 Å². The molecule has 8 nitrogen and oxygen atoms in total. The Morgan fingerprint density at radius 1 is 0.913 bits per heavy atom. The summed E-state index contributed by atoms with van der Waals surface area (Å²) >= 11 is 6.44. The van der Waals surface area contributed by atoms with Crippen molar-refractivity contribution in [1.82, 2.24) is 10.2 Å². The van der Waals surface area contributed by atoms with Gasteiger partial charge in [0.2, 0.25) is 11.8 Å². The number of aryl methyl sites for hydroxylation is 1. The molecule has 0 saturated carbocycles. The Bertz CT molecular complexity index is 1720. The van der Waals surface area contributed by atoms with Crippen LogP contribution in [-0.4, -0.2) is 51.4 Å². The lowest BCUT2D eigenvalue weighted by Gasteiger charge is -2.34. The largest absolute Gasteiger partial charge is 0.495 e. The van der Waals surface area contributed by atoms with Crippen molar-refractivity contribution in [2.24, 2.45) is 0 Å². The number of sulfonamides is 1. The molecule has 0 aliphatic rings. The number of methoxy groups -OCH3 is 1. The molecule has 4 aromatic carbocycles. The highest BCUT2D eigenvalue weighted by Gasteiger charge is 2.35. The molecule has 4 aromatic rings. The zero-order valence-corrected chi connectivity index (χ0v) is 27.9. The molecule has 0 aliphatic carbocycles. The molecule has 0 unspecified atom stereocenters. The Labute approximate surface area is 277 Å². The second-order valence-corrected chi connectivity index (χ2v) is 13.2. The minimum Gasteiger partial charge on any atom is -0.495 e. The van der Waals surface area contributed by atoms with Crippen molar-refractivity contribution in [2.45, 2.75) is 50.6 Å². The zero-order valence-electron chi connectivity index (χ0n) is 26.4. The van der Waals surface area contributed by atoms with E-state index in [1.54, 1.807) is 30.3 Å². The van der Waals surface area contributed by atoms with Crippen molar-refractivity contribution in [2.75, 3.05) is 24.5 Å². The molecule has 0 radical (unpaired) electrons. The lowest BCUT2D eigenvalue weighted by atomic mass is 10.0. The first-order chi connectivity index (χ1) is 22.1. The average molecular weight is 662 g/mol. The van der Waals surface area contributed by atoms with Crippen molar-refractivity contribution in [1.29, 1.82) is 0 Å². The fourth-order valence-corrected chi connectivity index (χ4v) is 6.77. The Morgan fingerprint density at radius 2 is 1.57 bits per heavy atom. The van der Waals surface area contributed by atoms with Crippen molar-refractivity contribution in [3.05, 3.63) is 125 Å². The summed E-state index contributed by atoms with van der Waals surface area (Å²) in [4.78, 5) is 29.9. The van der Waals surface area contributed by atoms with Crippen LogP contribution in [0.5, 0.6) is 5.75 Å². The Morgan fingerprint density at radius 3 is 2.20 bits per heavy atom. The summed E-state index contributed by atoms with van der Waals surface area (Å²) in [7, 11) is -2.77. The van der Waals surface area contributed by atoms with E-state index in [9.17, 15) is 18.0 Å². The molecular weight excluding hydrogens is 622 g/mol. The Hall–Kier alpha value is -4.34. The van der Waals surface area contributed by atoms with Gasteiger partial charge >= 0.3 is 0 Å². The monoisotopic (exact) mass is 661 g/mol. The topological polar surface area (TPSA) is 96.0 Å².